The molecule has 1 aliphatic rings. The van der Waals surface area contributed by atoms with Gasteiger partial charge in [-0.3, -0.25) is 4.79 Å². The van der Waals surface area contributed by atoms with Gasteiger partial charge in [-0.15, -0.1) is 11.3 Å². The number of hydrogen-bond donors (Lipinski definition) is 2. The number of carboxylic acids is 1. The fourth-order valence-electron chi connectivity index (χ4n) is 2.84. The first-order valence-corrected chi connectivity index (χ1v) is 10.4. The van der Waals surface area contributed by atoms with E-state index in [4.69, 9.17) is 5.11 Å². The minimum Gasteiger partial charge on any atom is -0.478 e. The van der Waals surface area contributed by atoms with Gasteiger partial charge in [0.15, 0.2) is 0 Å². The summed E-state index contributed by atoms with van der Waals surface area (Å²) in [6, 6.07) is 9.21. The molecule has 1 aromatic heterocycles. The van der Waals surface area contributed by atoms with Gasteiger partial charge in [0.2, 0.25) is 5.91 Å². The maximum absolute atomic E-state index is 12.5. The number of amides is 1. The largest absolute Gasteiger partial charge is 0.478 e. The average Bonchev–Trinajstić information content (AvgIpc) is 3.18. The molecule has 1 aliphatic heterocycles. The van der Waals surface area contributed by atoms with Gasteiger partial charge in [0.1, 0.15) is 4.21 Å². The lowest BCUT2D eigenvalue weighted by Crippen LogP contribution is -2.41. The Labute approximate surface area is 155 Å². The third-order valence-electron chi connectivity index (χ3n) is 4.31. The van der Waals surface area contributed by atoms with Gasteiger partial charge in [0.05, 0.1) is 5.56 Å². The predicted molar refractivity (Wildman–Crippen MR) is 97.8 cm³/mol. The summed E-state index contributed by atoms with van der Waals surface area (Å²) in [5.74, 6) is -1.48. The lowest BCUT2D eigenvalue weighted by molar-refractivity contribution is -0.120. The molecule has 2 N–H and O–H groups in total. The Bertz CT molecular complexity index is 884. The van der Waals surface area contributed by atoms with Crippen LogP contribution in [0.1, 0.15) is 23.2 Å². The number of nitrogens with one attached hydrogen (secondary N) is 1. The number of hydrogen-bond acceptors (Lipinski definition) is 5. The van der Waals surface area contributed by atoms with Crippen LogP contribution in [0.4, 0.5) is 5.69 Å². The molecule has 2 heterocycles. The van der Waals surface area contributed by atoms with Crippen molar-refractivity contribution in [3.05, 3.63) is 47.3 Å². The van der Waals surface area contributed by atoms with Gasteiger partial charge in [-0.25, -0.2) is 13.2 Å². The predicted octanol–water partition coefficient (Wildman–Crippen LogP) is 2.49. The maximum Gasteiger partial charge on any atom is 0.335 e. The van der Waals surface area contributed by atoms with Gasteiger partial charge in [-0.1, -0.05) is 6.07 Å². The number of sulfonamides is 1. The van der Waals surface area contributed by atoms with Gasteiger partial charge in [-0.2, -0.15) is 4.31 Å². The number of rotatable bonds is 5. The Morgan fingerprint density at radius 1 is 1.12 bits per heavy atom. The maximum atomic E-state index is 12.5. The molecule has 9 heteroatoms. The van der Waals surface area contributed by atoms with Gasteiger partial charge < -0.3 is 10.4 Å². The van der Waals surface area contributed by atoms with E-state index in [1.165, 1.54) is 39.9 Å². The summed E-state index contributed by atoms with van der Waals surface area (Å²) in [5, 5.41) is 13.4. The highest BCUT2D eigenvalue weighted by atomic mass is 32.2. The number of anilines is 1. The van der Waals surface area contributed by atoms with Crippen LogP contribution in [0.15, 0.2) is 46.0 Å². The SMILES string of the molecule is O=C(O)c1ccc(NC(=O)C2CCN(S(=O)(=O)c3cccs3)CC2)cc1. The van der Waals surface area contributed by atoms with Crippen molar-refractivity contribution in [3.8, 4) is 0 Å². The molecule has 26 heavy (non-hydrogen) atoms. The second-order valence-electron chi connectivity index (χ2n) is 5.98. The molecule has 0 atom stereocenters. The van der Waals surface area contributed by atoms with E-state index in [0.29, 0.717) is 35.8 Å². The van der Waals surface area contributed by atoms with Crippen LogP contribution in [0.25, 0.3) is 0 Å². The zero-order valence-electron chi connectivity index (χ0n) is 13.8. The molecule has 1 amide bonds. The average molecular weight is 394 g/mol. The summed E-state index contributed by atoms with van der Waals surface area (Å²) in [4.78, 5) is 23.2. The summed E-state index contributed by atoms with van der Waals surface area (Å²) in [6.07, 6.45) is 0.896. The van der Waals surface area contributed by atoms with Crippen molar-refractivity contribution in [2.45, 2.75) is 17.1 Å². The molecule has 138 valence electrons. The summed E-state index contributed by atoms with van der Waals surface area (Å²) >= 11 is 1.18. The number of piperidine rings is 1. The highest BCUT2D eigenvalue weighted by molar-refractivity contribution is 7.91. The van der Waals surface area contributed by atoms with E-state index in [2.05, 4.69) is 5.32 Å². The van der Waals surface area contributed by atoms with Crippen LogP contribution in [-0.2, 0) is 14.8 Å². The minimum atomic E-state index is -3.48. The number of nitrogens with zero attached hydrogens (tertiary/aromatic N) is 1. The number of carbonyl (C=O) groups is 2. The monoisotopic (exact) mass is 394 g/mol. The zero-order valence-corrected chi connectivity index (χ0v) is 15.4. The standard InChI is InChI=1S/C17H18N2O5S2/c20-16(18-14-5-3-13(4-6-14)17(21)22)12-7-9-19(10-8-12)26(23,24)15-2-1-11-25-15/h1-6,11-12H,7-10H2,(H,18,20)(H,21,22). The molecule has 3 rings (SSSR count). The van der Waals surface area contributed by atoms with E-state index < -0.39 is 16.0 Å². The first-order valence-electron chi connectivity index (χ1n) is 8.06. The highest BCUT2D eigenvalue weighted by Crippen LogP contribution is 2.27. The number of thiophene rings is 1. The van der Waals surface area contributed by atoms with E-state index in [1.807, 2.05) is 0 Å². The van der Waals surface area contributed by atoms with Crippen molar-refractivity contribution in [2.75, 3.05) is 18.4 Å². The Morgan fingerprint density at radius 2 is 1.77 bits per heavy atom. The van der Waals surface area contributed by atoms with Crippen molar-refractivity contribution in [3.63, 3.8) is 0 Å². The molecular weight excluding hydrogens is 376 g/mol. The van der Waals surface area contributed by atoms with Gasteiger partial charge >= 0.3 is 5.97 Å². The Balaban J connectivity index is 1.57. The van der Waals surface area contributed by atoms with Crippen LogP contribution in [0.3, 0.4) is 0 Å². The van der Waals surface area contributed by atoms with Crippen molar-refractivity contribution in [2.24, 2.45) is 5.92 Å². The highest BCUT2D eigenvalue weighted by Gasteiger charge is 2.32. The van der Waals surface area contributed by atoms with Crippen molar-refractivity contribution >= 4 is 38.9 Å². The second-order valence-corrected chi connectivity index (χ2v) is 9.09. The Kier molecular flexibility index (Phi) is 5.40. The van der Waals surface area contributed by atoms with E-state index in [-0.39, 0.29) is 17.4 Å². The summed E-state index contributed by atoms with van der Waals surface area (Å²) in [5.41, 5.74) is 0.670. The van der Waals surface area contributed by atoms with Gasteiger partial charge in [0.25, 0.3) is 10.0 Å². The van der Waals surface area contributed by atoms with Crippen LogP contribution in [-0.4, -0.2) is 42.8 Å². The quantitative estimate of drug-likeness (QED) is 0.811. The smallest absolute Gasteiger partial charge is 0.335 e. The molecule has 1 saturated heterocycles. The topological polar surface area (TPSA) is 104 Å². The summed E-state index contributed by atoms with van der Waals surface area (Å²) in [6.45, 7) is 0.604. The van der Waals surface area contributed by atoms with Crippen LogP contribution >= 0.6 is 11.3 Å². The van der Waals surface area contributed by atoms with Crippen molar-refractivity contribution in [1.29, 1.82) is 0 Å². The lowest BCUT2D eigenvalue weighted by atomic mass is 9.97. The molecular formula is C17H18N2O5S2. The molecule has 0 unspecified atom stereocenters. The molecule has 0 radical (unpaired) electrons. The first-order chi connectivity index (χ1) is 12.4. The summed E-state index contributed by atoms with van der Waals surface area (Å²) < 4.78 is 26.7. The van der Waals surface area contributed by atoms with Crippen LogP contribution in [0.5, 0.6) is 0 Å². The molecule has 0 aliphatic carbocycles. The molecule has 0 saturated carbocycles. The third kappa shape index (κ3) is 3.95. The van der Waals surface area contributed by atoms with E-state index in [9.17, 15) is 18.0 Å². The fourth-order valence-corrected chi connectivity index (χ4v) is 5.45. The minimum absolute atomic E-state index is 0.148. The van der Waals surface area contributed by atoms with Crippen LogP contribution in [0.2, 0.25) is 0 Å². The van der Waals surface area contributed by atoms with Crippen LogP contribution in [0, 0.1) is 5.92 Å². The third-order valence-corrected chi connectivity index (χ3v) is 7.59. The molecule has 1 fully saturated rings. The zero-order chi connectivity index (χ0) is 18.7. The van der Waals surface area contributed by atoms with Gasteiger partial charge in [0, 0.05) is 24.7 Å². The fraction of sp³-hybridized carbons (Fsp3) is 0.294. The Morgan fingerprint density at radius 3 is 2.31 bits per heavy atom. The second kappa shape index (κ2) is 7.56. The van der Waals surface area contributed by atoms with E-state index in [0.717, 1.165) is 0 Å². The molecule has 1 aromatic carbocycles. The molecule has 2 aromatic rings. The van der Waals surface area contributed by atoms with Crippen molar-refractivity contribution in [1.82, 2.24) is 4.31 Å². The first kappa shape index (κ1) is 18.6. The normalized spacial score (nSPS) is 16.3. The van der Waals surface area contributed by atoms with Gasteiger partial charge in [-0.05, 0) is 48.6 Å². The molecule has 7 nitrogen and oxygen atoms in total. The number of benzene rings is 1. The van der Waals surface area contributed by atoms with E-state index in [1.54, 1.807) is 17.5 Å². The Hall–Kier alpha value is -2.23. The molecule has 0 bridgehead atoms. The number of carbonyl (C=O) groups excluding carboxylic acids is 1. The number of carboxylic acid groups (broad SMARTS) is 1. The lowest BCUT2D eigenvalue weighted by Gasteiger charge is -2.30. The molecule has 0 spiro atoms. The van der Waals surface area contributed by atoms with Crippen molar-refractivity contribution < 1.29 is 23.1 Å². The van der Waals surface area contributed by atoms with E-state index >= 15 is 0 Å². The van der Waals surface area contributed by atoms with Crippen LogP contribution < -0.4 is 5.32 Å². The summed E-state index contributed by atoms with van der Waals surface area (Å²) in [7, 11) is -3.48. The number of aromatic carboxylic acids is 1.